The lowest BCUT2D eigenvalue weighted by Crippen LogP contribution is -2.00. The molecule has 0 aliphatic heterocycles. The third kappa shape index (κ3) is 3.18. The predicted octanol–water partition coefficient (Wildman–Crippen LogP) is 4.02. The van der Waals surface area contributed by atoms with Crippen LogP contribution in [0.3, 0.4) is 0 Å². The van der Waals surface area contributed by atoms with Gasteiger partial charge >= 0.3 is 0 Å². The van der Waals surface area contributed by atoms with E-state index in [0.717, 1.165) is 29.7 Å². The molecule has 22 heavy (non-hydrogen) atoms. The summed E-state index contributed by atoms with van der Waals surface area (Å²) in [5, 5.41) is 5.19. The van der Waals surface area contributed by atoms with Gasteiger partial charge in [-0.2, -0.15) is 14.6 Å². The second-order valence-corrected chi connectivity index (χ2v) is 5.54. The Hall–Kier alpha value is -2.17. The highest BCUT2D eigenvalue weighted by Crippen LogP contribution is 2.25. The molecule has 0 radical (unpaired) electrons. The molecular weight excluding hydrogens is 276 g/mol. The van der Waals surface area contributed by atoms with Crippen LogP contribution in [0.4, 0.5) is 0 Å². The van der Waals surface area contributed by atoms with E-state index >= 15 is 0 Å². The smallest absolute Gasteiger partial charge is 0.252 e. The van der Waals surface area contributed by atoms with Crippen molar-refractivity contribution in [2.45, 2.75) is 45.4 Å². The molecule has 3 aromatic rings. The van der Waals surface area contributed by atoms with Crippen molar-refractivity contribution in [1.82, 2.24) is 19.6 Å². The van der Waals surface area contributed by atoms with Gasteiger partial charge in [0.25, 0.3) is 5.78 Å². The first-order chi connectivity index (χ1) is 10.9. The Labute approximate surface area is 130 Å². The SMILES string of the molecule is CCCCCCCCOc1cccc2c1cnc1ncnn12. The minimum atomic E-state index is 0.612. The zero-order valence-electron chi connectivity index (χ0n) is 13.0. The van der Waals surface area contributed by atoms with Crippen LogP contribution in [0.15, 0.2) is 30.7 Å². The molecule has 0 bridgehead atoms. The summed E-state index contributed by atoms with van der Waals surface area (Å²) in [6.45, 7) is 2.99. The van der Waals surface area contributed by atoms with Gasteiger partial charge in [0.2, 0.25) is 0 Å². The van der Waals surface area contributed by atoms with Crippen LogP contribution < -0.4 is 4.74 Å². The lowest BCUT2D eigenvalue weighted by Gasteiger charge is -2.09. The molecule has 0 fully saturated rings. The first kappa shape index (κ1) is 14.8. The molecule has 2 heterocycles. The van der Waals surface area contributed by atoms with Gasteiger partial charge in [-0.3, -0.25) is 0 Å². The van der Waals surface area contributed by atoms with E-state index in [4.69, 9.17) is 4.74 Å². The Morgan fingerprint density at radius 3 is 2.82 bits per heavy atom. The summed E-state index contributed by atoms with van der Waals surface area (Å²) < 4.78 is 7.69. The van der Waals surface area contributed by atoms with Crippen LogP contribution in [0.2, 0.25) is 0 Å². The Morgan fingerprint density at radius 1 is 1.05 bits per heavy atom. The van der Waals surface area contributed by atoms with Crippen LogP contribution in [-0.4, -0.2) is 26.2 Å². The van der Waals surface area contributed by atoms with Crippen molar-refractivity contribution >= 4 is 16.7 Å². The number of hydrogen-bond donors (Lipinski definition) is 0. The standard InChI is InChI=1S/C17H22N4O/c1-2-3-4-5-6-7-11-22-16-10-8-9-15-14(16)12-18-17-19-13-20-21(15)17/h8-10,12-13H,2-7,11H2,1H3. The highest BCUT2D eigenvalue weighted by atomic mass is 16.5. The minimum Gasteiger partial charge on any atom is -0.493 e. The first-order valence-corrected chi connectivity index (χ1v) is 8.10. The maximum absolute atomic E-state index is 5.95. The minimum absolute atomic E-state index is 0.612. The third-order valence-corrected chi connectivity index (χ3v) is 3.87. The summed E-state index contributed by atoms with van der Waals surface area (Å²) in [5.41, 5.74) is 0.975. The van der Waals surface area contributed by atoms with Gasteiger partial charge in [0.1, 0.15) is 12.1 Å². The summed E-state index contributed by atoms with van der Waals surface area (Å²) in [4.78, 5) is 8.43. The van der Waals surface area contributed by atoms with Crippen LogP contribution in [0.5, 0.6) is 5.75 Å². The quantitative estimate of drug-likeness (QED) is 0.589. The van der Waals surface area contributed by atoms with Crippen molar-refractivity contribution in [1.29, 1.82) is 0 Å². The molecule has 0 amide bonds. The molecule has 0 saturated carbocycles. The maximum Gasteiger partial charge on any atom is 0.252 e. The zero-order chi connectivity index (χ0) is 15.2. The van der Waals surface area contributed by atoms with Crippen LogP contribution in [0.1, 0.15) is 45.4 Å². The summed E-state index contributed by atoms with van der Waals surface area (Å²) in [6.07, 6.45) is 10.9. The predicted molar refractivity (Wildman–Crippen MR) is 87.2 cm³/mol. The van der Waals surface area contributed by atoms with Gasteiger partial charge in [-0.25, -0.2) is 4.98 Å². The van der Waals surface area contributed by atoms with E-state index in [1.807, 2.05) is 24.4 Å². The van der Waals surface area contributed by atoms with E-state index < -0.39 is 0 Å². The highest BCUT2D eigenvalue weighted by Gasteiger charge is 2.07. The van der Waals surface area contributed by atoms with Crippen LogP contribution in [0, 0.1) is 0 Å². The monoisotopic (exact) mass is 298 g/mol. The van der Waals surface area contributed by atoms with Gasteiger partial charge < -0.3 is 4.74 Å². The molecule has 0 N–H and O–H groups in total. The van der Waals surface area contributed by atoms with Gasteiger partial charge in [0, 0.05) is 6.20 Å². The molecule has 0 unspecified atom stereocenters. The average Bonchev–Trinajstić information content (AvgIpc) is 3.03. The van der Waals surface area contributed by atoms with Crippen molar-refractivity contribution in [3.63, 3.8) is 0 Å². The lowest BCUT2D eigenvalue weighted by molar-refractivity contribution is 0.307. The molecule has 0 aliphatic carbocycles. The Bertz CT molecular complexity index is 738. The molecule has 3 rings (SSSR count). The van der Waals surface area contributed by atoms with E-state index in [0.29, 0.717) is 5.78 Å². The van der Waals surface area contributed by atoms with E-state index in [1.165, 1.54) is 38.4 Å². The number of rotatable bonds is 8. The maximum atomic E-state index is 5.95. The zero-order valence-corrected chi connectivity index (χ0v) is 13.0. The second kappa shape index (κ2) is 7.20. The molecule has 0 atom stereocenters. The molecule has 5 heteroatoms. The number of benzene rings is 1. The summed E-state index contributed by atoms with van der Waals surface area (Å²) in [5.74, 6) is 1.48. The fourth-order valence-corrected chi connectivity index (χ4v) is 2.65. The topological polar surface area (TPSA) is 52.3 Å². The number of ether oxygens (including phenoxy) is 1. The number of fused-ring (bicyclic) bond motifs is 3. The fourth-order valence-electron chi connectivity index (χ4n) is 2.65. The summed E-state index contributed by atoms with van der Waals surface area (Å²) in [7, 11) is 0. The van der Waals surface area contributed by atoms with Crippen LogP contribution in [0.25, 0.3) is 16.7 Å². The number of aromatic nitrogens is 4. The molecule has 0 saturated heterocycles. The van der Waals surface area contributed by atoms with E-state index in [-0.39, 0.29) is 0 Å². The largest absolute Gasteiger partial charge is 0.493 e. The highest BCUT2D eigenvalue weighted by molar-refractivity contribution is 5.85. The second-order valence-electron chi connectivity index (χ2n) is 5.54. The molecule has 2 aromatic heterocycles. The molecule has 0 aliphatic rings. The van der Waals surface area contributed by atoms with Gasteiger partial charge in [0.05, 0.1) is 17.5 Å². The van der Waals surface area contributed by atoms with Crippen molar-refractivity contribution in [3.05, 3.63) is 30.7 Å². The van der Waals surface area contributed by atoms with Crippen molar-refractivity contribution < 1.29 is 4.74 Å². The molecule has 0 spiro atoms. The van der Waals surface area contributed by atoms with E-state index in [2.05, 4.69) is 22.0 Å². The molecule has 5 nitrogen and oxygen atoms in total. The van der Waals surface area contributed by atoms with E-state index in [1.54, 1.807) is 4.52 Å². The molecular formula is C17H22N4O. The number of hydrogen-bond acceptors (Lipinski definition) is 4. The van der Waals surface area contributed by atoms with Gasteiger partial charge in [-0.05, 0) is 18.6 Å². The molecule has 116 valence electrons. The van der Waals surface area contributed by atoms with Gasteiger partial charge in [0.15, 0.2) is 0 Å². The van der Waals surface area contributed by atoms with Gasteiger partial charge in [-0.1, -0.05) is 45.1 Å². The van der Waals surface area contributed by atoms with Gasteiger partial charge in [-0.15, -0.1) is 0 Å². The van der Waals surface area contributed by atoms with Crippen LogP contribution >= 0.6 is 0 Å². The number of nitrogens with zero attached hydrogens (tertiary/aromatic N) is 4. The third-order valence-electron chi connectivity index (χ3n) is 3.87. The fraction of sp³-hybridized carbons (Fsp3) is 0.471. The summed E-state index contributed by atoms with van der Waals surface area (Å²) in [6, 6.07) is 5.99. The Balaban J connectivity index is 1.64. The summed E-state index contributed by atoms with van der Waals surface area (Å²) >= 11 is 0. The van der Waals surface area contributed by atoms with Crippen molar-refractivity contribution in [3.8, 4) is 5.75 Å². The van der Waals surface area contributed by atoms with E-state index in [9.17, 15) is 0 Å². The Kier molecular flexibility index (Phi) is 4.83. The number of unbranched alkanes of at least 4 members (excludes halogenated alkanes) is 5. The van der Waals surface area contributed by atoms with Crippen molar-refractivity contribution in [2.24, 2.45) is 0 Å². The van der Waals surface area contributed by atoms with Crippen molar-refractivity contribution in [2.75, 3.05) is 6.61 Å². The lowest BCUT2D eigenvalue weighted by atomic mass is 10.1. The Morgan fingerprint density at radius 2 is 1.91 bits per heavy atom. The average molecular weight is 298 g/mol. The van der Waals surface area contributed by atoms with Crippen LogP contribution in [-0.2, 0) is 0 Å². The normalized spacial score (nSPS) is 11.3. The first-order valence-electron chi connectivity index (χ1n) is 8.10. The molecule has 1 aromatic carbocycles.